The second-order valence-corrected chi connectivity index (χ2v) is 13.2. The van der Waals surface area contributed by atoms with Crippen LogP contribution in [-0.2, 0) is 16.1 Å². The van der Waals surface area contributed by atoms with E-state index in [4.69, 9.17) is 30.5 Å². The third-order valence-corrected chi connectivity index (χ3v) is 9.03. The summed E-state index contributed by atoms with van der Waals surface area (Å²) in [6.45, 7) is 7.47. The number of hydrogen-bond donors (Lipinski definition) is 0. The zero-order chi connectivity index (χ0) is 34.7. The van der Waals surface area contributed by atoms with Crippen molar-refractivity contribution in [2.24, 2.45) is 4.99 Å². The average molecular weight is 757 g/mol. The highest BCUT2D eigenvalue weighted by Crippen LogP contribution is 2.37. The maximum atomic E-state index is 14.3. The molecule has 11 nitrogen and oxygen atoms in total. The second-order valence-electron chi connectivity index (χ2n) is 10.9. The van der Waals surface area contributed by atoms with Gasteiger partial charge in [0, 0.05) is 22.7 Å². The normalized spacial score (nSPS) is 14.4. The van der Waals surface area contributed by atoms with Crippen molar-refractivity contribution in [1.29, 1.82) is 0 Å². The van der Waals surface area contributed by atoms with E-state index in [1.165, 1.54) is 23.8 Å². The number of allylic oxidation sites excluding steroid dienone is 1. The lowest BCUT2D eigenvalue weighted by atomic mass is 9.95. The Bertz CT molecular complexity index is 2110. The molecule has 0 N–H and O–H groups in total. The molecule has 1 aliphatic heterocycles. The van der Waals surface area contributed by atoms with Crippen molar-refractivity contribution in [3.63, 3.8) is 0 Å². The number of carbonyl (C=O) groups is 1. The van der Waals surface area contributed by atoms with Gasteiger partial charge in [0.2, 0.25) is 0 Å². The van der Waals surface area contributed by atoms with Gasteiger partial charge in [-0.25, -0.2) is 9.79 Å². The highest BCUT2D eigenvalue weighted by Gasteiger charge is 2.34. The van der Waals surface area contributed by atoms with Crippen molar-refractivity contribution in [2.75, 3.05) is 13.7 Å². The molecule has 0 saturated carbocycles. The Kier molecular flexibility index (Phi) is 10.7. The van der Waals surface area contributed by atoms with Gasteiger partial charge in [0.25, 0.3) is 11.2 Å². The SMILES string of the molecule is CCOC(=O)C1=C(C)N=c2s/c(=C/c3cc(Cl)cc(Br)c3OCc3ccc([N+](=O)[O-])cc3)c(=O)n2[C@H]1c1ccc(OC(C)C)c(OC)c1. The molecule has 2 heterocycles. The van der Waals surface area contributed by atoms with Crippen molar-refractivity contribution in [3.8, 4) is 17.2 Å². The molecule has 0 saturated heterocycles. The van der Waals surface area contributed by atoms with Crippen LogP contribution in [0.15, 0.2) is 80.1 Å². The highest BCUT2D eigenvalue weighted by molar-refractivity contribution is 9.10. The average Bonchev–Trinajstić information content (AvgIpc) is 3.33. The van der Waals surface area contributed by atoms with E-state index < -0.39 is 22.5 Å². The van der Waals surface area contributed by atoms with Crippen molar-refractivity contribution < 1.29 is 28.7 Å². The number of fused-ring (bicyclic) bond motifs is 1. The molecule has 1 aliphatic rings. The molecule has 48 heavy (non-hydrogen) atoms. The Hall–Kier alpha value is -4.46. The van der Waals surface area contributed by atoms with Crippen LogP contribution < -0.4 is 29.1 Å². The van der Waals surface area contributed by atoms with E-state index in [9.17, 15) is 19.7 Å². The number of nitro groups is 1. The fourth-order valence-electron chi connectivity index (χ4n) is 5.16. The Balaban J connectivity index is 1.63. The molecule has 0 fully saturated rings. The van der Waals surface area contributed by atoms with Crippen molar-refractivity contribution >= 4 is 56.6 Å². The first kappa shape index (κ1) is 34.9. The third-order valence-electron chi connectivity index (χ3n) is 7.24. The lowest BCUT2D eigenvalue weighted by molar-refractivity contribution is -0.384. The lowest BCUT2D eigenvalue weighted by Gasteiger charge is -2.25. The van der Waals surface area contributed by atoms with Crippen LogP contribution in [0.25, 0.3) is 6.08 Å². The minimum Gasteiger partial charge on any atom is -0.493 e. The van der Waals surface area contributed by atoms with E-state index in [2.05, 4.69) is 20.9 Å². The van der Waals surface area contributed by atoms with Crippen LogP contribution in [0.2, 0.25) is 5.02 Å². The summed E-state index contributed by atoms with van der Waals surface area (Å²) in [7, 11) is 1.52. The van der Waals surface area contributed by atoms with Gasteiger partial charge in [-0.3, -0.25) is 19.5 Å². The van der Waals surface area contributed by atoms with Crippen molar-refractivity contribution in [1.82, 2.24) is 4.57 Å². The number of benzene rings is 3. The summed E-state index contributed by atoms with van der Waals surface area (Å²) in [6, 6.07) is 13.8. The Morgan fingerprint density at radius 1 is 1.17 bits per heavy atom. The molecule has 4 aromatic rings. The molecule has 1 atom stereocenters. The first-order valence-electron chi connectivity index (χ1n) is 14.8. The van der Waals surface area contributed by atoms with E-state index in [-0.39, 0.29) is 30.6 Å². The number of halogens is 2. The molecule has 1 aromatic heterocycles. The van der Waals surface area contributed by atoms with Gasteiger partial charge in [-0.15, -0.1) is 0 Å². The lowest BCUT2D eigenvalue weighted by Crippen LogP contribution is -2.40. The quantitative estimate of drug-likeness (QED) is 0.0964. The number of ether oxygens (including phenoxy) is 4. The molecule has 0 spiro atoms. The number of nitro benzene ring substituents is 1. The maximum absolute atomic E-state index is 14.3. The zero-order valence-corrected chi connectivity index (χ0v) is 29.8. The van der Waals surface area contributed by atoms with Gasteiger partial charge < -0.3 is 18.9 Å². The number of nitrogens with zero attached hydrogens (tertiary/aromatic N) is 3. The van der Waals surface area contributed by atoms with Crippen molar-refractivity contribution in [3.05, 3.63) is 122 Å². The first-order valence-corrected chi connectivity index (χ1v) is 16.8. The third kappa shape index (κ3) is 7.33. The number of non-ortho nitro benzene ring substituents is 1. The minimum absolute atomic E-state index is 0.0274. The molecule has 0 aliphatic carbocycles. The summed E-state index contributed by atoms with van der Waals surface area (Å²) >= 11 is 11.1. The fraction of sp³-hybridized carbons (Fsp3) is 0.265. The van der Waals surface area contributed by atoms with E-state index in [0.717, 1.165) is 11.3 Å². The minimum atomic E-state index is -0.867. The molecule has 0 amide bonds. The highest BCUT2D eigenvalue weighted by atomic mass is 79.9. The number of esters is 1. The van der Waals surface area contributed by atoms with Gasteiger partial charge in [0.1, 0.15) is 12.4 Å². The van der Waals surface area contributed by atoms with Crippen LogP contribution in [-0.4, -0.2) is 35.3 Å². The summed E-state index contributed by atoms with van der Waals surface area (Å²) < 4.78 is 25.4. The largest absolute Gasteiger partial charge is 0.493 e. The fourth-order valence-corrected chi connectivity index (χ4v) is 7.15. The summed E-state index contributed by atoms with van der Waals surface area (Å²) in [5, 5.41) is 11.4. The van der Waals surface area contributed by atoms with Gasteiger partial charge in [0.05, 0.1) is 51.1 Å². The van der Waals surface area contributed by atoms with Crippen LogP contribution in [0.5, 0.6) is 17.2 Å². The summed E-state index contributed by atoms with van der Waals surface area (Å²) in [6.07, 6.45) is 1.56. The summed E-state index contributed by atoms with van der Waals surface area (Å²) in [4.78, 5) is 43.2. The molecule has 0 radical (unpaired) electrons. The molecule has 0 bridgehead atoms. The number of aromatic nitrogens is 1. The summed E-state index contributed by atoms with van der Waals surface area (Å²) in [5.74, 6) is 0.795. The summed E-state index contributed by atoms with van der Waals surface area (Å²) in [5.41, 5.74) is 2.05. The van der Waals surface area contributed by atoms with E-state index in [1.807, 2.05) is 13.8 Å². The zero-order valence-electron chi connectivity index (χ0n) is 26.6. The molecule has 250 valence electrons. The topological polar surface area (TPSA) is 131 Å². The van der Waals surface area contributed by atoms with Gasteiger partial charge in [-0.2, -0.15) is 0 Å². The molecule has 3 aromatic carbocycles. The molecular weight excluding hydrogens is 726 g/mol. The van der Waals surface area contributed by atoms with Gasteiger partial charge in [0.15, 0.2) is 16.3 Å². The Morgan fingerprint density at radius 3 is 2.54 bits per heavy atom. The van der Waals surface area contributed by atoms with Crippen molar-refractivity contribution in [2.45, 2.75) is 46.4 Å². The number of rotatable bonds is 11. The molecule has 14 heteroatoms. The molecule has 5 rings (SSSR count). The number of thiazole rings is 1. The maximum Gasteiger partial charge on any atom is 0.338 e. The van der Waals surface area contributed by atoms with Gasteiger partial charge in [-0.1, -0.05) is 29.0 Å². The second kappa shape index (κ2) is 14.8. The van der Waals surface area contributed by atoms with Gasteiger partial charge in [-0.05, 0) is 97.2 Å². The molecular formula is C34H31BrClN3O8S. The Labute approximate surface area is 293 Å². The number of methoxy groups -OCH3 is 1. The monoisotopic (exact) mass is 755 g/mol. The molecule has 0 unspecified atom stereocenters. The smallest absolute Gasteiger partial charge is 0.338 e. The number of carbonyl (C=O) groups excluding carboxylic acids is 1. The van der Waals surface area contributed by atoms with E-state index >= 15 is 0 Å². The van der Waals surface area contributed by atoms with Crippen LogP contribution in [0.3, 0.4) is 0 Å². The predicted octanol–water partition coefficient (Wildman–Crippen LogP) is 6.50. The van der Waals surface area contributed by atoms with Crippen LogP contribution in [0, 0.1) is 10.1 Å². The van der Waals surface area contributed by atoms with Gasteiger partial charge >= 0.3 is 5.97 Å². The first-order chi connectivity index (χ1) is 22.9. The number of hydrogen-bond acceptors (Lipinski definition) is 10. The Morgan fingerprint density at radius 2 is 1.90 bits per heavy atom. The van der Waals surface area contributed by atoms with Crippen LogP contribution in [0.1, 0.15) is 50.4 Å². The van der Waals surface area contributed by atoms with Crippen LogP contribution >= 0.6 is 38.9 Å². The van der Waals surface area contributed by atoms with E-state index in [0.29, 0.717) is 58.5 Å². The standard InChI is InChI=1S/C34H31BrClN3O8S/c1-6-45-33(41)29-19(4)37-34-38(30(29)21-9-12-26(47-18(2)3)27(14-21)44-5)32(40)28(48-34)15-22-13-23(36)16-25(35)31(22)46-17-20-7-10-24(11-8-20)39(42)43/h7-16,18,30H,6,17H2,1-5H3/b28-15+/t30-/m0/s1. The van der Waals surface area contributed by atoms with Crippen LogP contribution in [0.4, 0.5) is 5.69 Å². The van der Waals surface area contributed by atoms with E-state index in [1.54, 1.807) is 62.4 Å². The predicted molar refractivity (Wildman–Crippen MR) is 186 cm³/mol.